The Bertz CT molecular complexity index is 262. The Morgan fingerprint density at radius 2 is 2.43 bits per heavy atom. The topological polar surface area (TPSA) is 38.1 Å². The molecule has 0 radical (unpaired) electrons. The zero-order chi connectivity index (χ0) is 10.4. The molecule has 80 valence electrons. The largest absolute Gasteiger partial charge is 0.440 e. The average molecular weight is 214 g/mol. The van der Waals surface area contributed by atoms with Gasteiger partial charge in [-0.05, 0) is 33.7 Å². The third kappa shape index (κ3) is 4.15. The van der Waals surface area contributed by atoms with Crippen LogP contribution in [0.2, 0.25) is 0 Å². The number of aromatic nitrogens is 1. The third-order valence-corrected chi connectivity index (χ3v) is 3.03. The van der Waals surface area contributed by atoms with E-state index in [1.807, 2.05) is 14.0 Å². The smallest absolute Gasteiger partial charge is 0.255 e. The number of hydrogen-bond donors (Lipinski definition) is 1. The molecule has 1 aromatic heterocycles. The molecule has 1 heterocycles. The number of nitrogens with one attached hydrogen (secondary N) is 1. The highest BCUT2D eigenvalue weighted by Crippen LogP contribution is 2.18. The van der Waals surface area contributed by atoms with Crippen LogP contribution in [0.5, 0.6) is 0 Å². The molecule has 0 aromatic carbocycles. The van der Waals surface area contributed by atoms with Gasteiger partial charge in [0.25, 0.3) is 5.22 Å². The van der Waals surface area contributed by atoms with Crippen molar-refractivity contribution in [3.8, 4) is 0 Å². The maximum Gasteiger partial charge on any atom is 0.255 e. The van der Waals surface area contributed by atoms with Crippen molar-refractivity contribution in [2.45, 2.75) is 38.0 Å². The lowest BCUT2D eigenvalue weighted by Gasteiger charge is -2.07. The van der Waals surface area contributed by atoms with E-state index < -0.39 is 0 Å². The van der Waals surface area contributed by atoms with Crippen LogP contribution in [0.1, 0.15) is 25.5 Å². The highest BCUT2D eigenvalue weighted by atomic mass is 32.2. The molecule has 0 saturated heterocycles. The third-order valence-electron chi connectivity index (χ3n) is 2.10. The molecule has 0 aliphatic rings. The molecule has 14 heavy (non-hydrogen) atoms. The monoisotopic (exact) mass is 214 g/mol. The van der Waals surface area contributed by atoms with Gasteiger partial charge in [0.15, 0.2) is 0 Å². The molecule has 0 saturated carbocycles. The van der Waals surface area contributed by atoms with E-state index in [0.717, 1.165) is 16.7 Å². The molecule has 0 aliphatic carbocycles. The summed E-state index contributed by atoms with van der Waals surface area (Å²) < 4.78 is 5.23. The van der Waals surface area contributed by atoms with E-state index in [2.05, 4.69) is 17.2 Å². The quantitative estimate of drug-likeness (QED) is 0.583. The Hall–Kier alpha value is -0.480. The maximum atomic E-state index is 5.23. The van der Waals surface area contributed by atoms with Crippen molar-refractivity contribution in [3.05, 3.63) is 12.0 Å². The van der Waals surface area contributed by atoms with E-state index in [1.54, 1.807) is 18.0 Å². The number of hydrogen-bond acceptors (Lipinski definition) is 4. The summed E-state index contributed by atoms with van der Waals surface area (Å²) in [6, 6.07) is 0.599. The number of aryl methyl sites for hydroxylation is 1. The van der Waals surface area contributed by atoms with Crippen molar-refractivity contribution in [2.24, 2.45) is 0 Å². The van der Waals surface area contributed by atoms with E-state index in [-0.39, 0.29) is 0 Å². The van der Waals surface area contributed by atoms with Gasteiger partial charge < -0.3 is 9.73 Å². The molecule has 1 aromatic rings. The van der Waals surface area contributed by atoms with Gasteiger partial charge in [0.05, 0.1) is 5.69 Å². The summed E-state index contributed by atoms with van der Waals surface area (Å²) in [5, 5.41) is 4.01. The van der Waals surface area contributed by atoms with Crippen molar-refractivity contribution >= 4 is 11.8 Å². The zero-order valence-corrected chi connectivity index (χ0v) is 9.86. The van der Waals surface area contributed by atoms with Crippen LogP contribution in [0.3, 0.4) is 0 Å². The average Bonchev–Trinajstić information content (AvgIpc) is 2.58. The first-order chi connectivity index (χ1) is 6.72. The number of nitrogens with zero attached hydrogens (tertiary/aromatic N) is 1. The van der Waals surface area contributed by atoms with Crippen LogP contribution in [0.15, 0.2) is 15.9 Å². The van der Waals surface area contributed by atoms with E-state index >= 15 is 0 Å². The lowest BCUT2D eigenvalue weighted by Crippen LogP contribution is -2.20. The second-order valence-corrected chi connectivity index (χ2v) is 4.48. The van der Waals surface area contributed by atoms with Crippen LogP contribution in [0.25, 0.3) is 0 Å². The molecule has 1 rings (SSSR count). The highest BCUT2D eigenvalue weighted by molar-refractivity contribution is 7.99. The van der Waals surface area contributed by atoms with Crippen molar-refractivity contribution in [2.75, 3.05) is 12.8 Å². The molecule has 0 bridgehead atoms. The van der Waals surface area contributed by atoms with Crippen molar-refractivity contribution in [1.29, 1.82) is 0 Å². The van der Waals surface area contributed by atoms with Gasteiger partial charge in [0, 0.05) is 11.8 Å². The van der Waals surface area contributed by atoms with Crippen molar-refractivity contribution in [3.63, 3.8) is 0 Å². The second-order valence-electron chi connectivity index (χ2n) is 3.44. The minimum absolute atomic E-state index is 0.599. The molecular formula is C10H18N2OS. The first-order valence-corrected chi connectivity index (χ1v) is 5.93. The summed E-state index contributed by atoms with van der Waals surface area (Å²) in [4.78, 5) is 4.23. The molecule has 1 atom stereocenters. The molecular weight excluding hydrogens is 196 g/mol. The van der Waals surface area contributed by atoms with Gasteiger partial charge >= 0.3 is 0 Å². The van der Waals surface area contributed by atoms with Gasteiger partial charge in [-0.1, -0.05) is 11.8 Å². The SMILES string of the molecule is CNC(C)CCCSc1nc(C)co1. The number of rotatable bonds is 6. The molecule has 0 amide bonds. The van der Waals surface area contributed by atoms with Gasteiger partial charge in [-0.3, -0.25) is 0 Å². The summed E-state index contributed by atoms with van der Waals surface area (Å²) in [6.45, 7) is 4.14. The van der Waals surface area contributed by atoms with Crippen LogP contribution < -0.4 is 5.32 Å². The fourth-order valence-electron chi connectivity index (χ4n) is 1.09. The summed E-state index contributed by atoms with van der Waals surface area (Å²) in [5.74, 6) is 1.08. The molecule has 4 heteroatoms. The lowest BCUT2D eigenvalue weighted by molar-refractivity contribution is 0.453. The Morgan fingerprint density at radius 3 is 3.00 bits per heavy atom. The van der Waals surface area contributed by atoms with Crippen molar-refractivity contribution in [1.82, 2.24) is 10.3 Å². The fraction of sp³-hybridized carbons (Fsp3) is 0.700. The van der Waals surface area contributed by atoms with Gasteiger partial charge in [-0.15, -0.1) is 0 Å². The predicted octanol–water partition coefficient (Wildman–Crippen LogP) is 2.46. The van der Waals surface area contributed by atoms with Gasteiger partial charge in [0.1, 0.15) is 6.26 Å². The highest BCUT2D eigenvalue weighted by Gasteiger charge is 2.02. The van der Waals surface area contributed by atoms with Crippen LogP contribution in [0, 0.1) is 6.92 Å². The normalized spacial score (nSPS) is 13.1. The minimum Gasteiger partial charge on any atom is -0.440 e. The molecule has 1 N–H and O–H groups in total. The van der Waals surface area contributed by atoms with E-state index in [0.29, 0.717) is 6.04 Å². The Kier molecular flexibility index (Phi) is 5.04. The second kappa shape index (κ2) is 6.09. The minimum atomic E-state index is 0.599. The van der Waals surface area contributed by atoms with Gasteiger partial charge in [0.2, 0.25) is 0 Å². The molecule has 0 spiro atoms. The zero-order valence-electron chi connectivity index (χ0n) is 9.04. The summed E-state index contributed by atoms with van der Waals surface area (Å²) >= 11 is 1.69. The van der Waals surface area contributed by atoms with E-state index in [1.165, 1.54) is 12.8 Å². The Labute approximate surface area is 89.7 Å². The molecule has 1 unspecified atom stereocenters. The Balaban J connectivity index is 2.10. The molecule has 0 fully saturated rings. The first kappa shape index (κ1) is 11.6. The van der Waals surface area contributed by atoms with E-state index in [9.17, 15) is 0 Å². The standard InChI is InChI=1S/C10H18N2OS/c1-8(11-3)5-4-6-14-10-12-9(2)7-13-10/h7-8,11H,4-6H2,1-3H3. The summed E-state index contributed by atoms with van der Waals surface area (Å²) in [7, 11) is 2.00. The van der Waals surface area contributed by atoms with Crippen LogP contribution >= 0.6 is 11.8 Å². The van der Waals surface area contributed by atoms with Crippen molar-refractivity contribution < 1.29 is 4.42 Å². The lowest BCUT2D eigenvalue weighted by atomic mass is 10.2. The molecule has 3 nitrogen and oxygen atoms in total. The van der Waals surface area contributed by atoms with Crippen LogP contribution in [-0.2, 0) is 0 Å². The van der Waals surface area contributed by atoms with E-state index in [4.69, 9.17) is 4.42 Å². The molecule has 0 aliphatic heterocycles. The number of oxazole rings is 1. The fourth-order valence-corrected chi connectivity index (χ4v) is 1.90. The van der Waals surface area contributed by atoms with Gasteiger partial charge in [-0.25, -0.2) is 4.98 Å². The van der Waals surface area contributed by atoms with Crippen LogP contribution in [-0.4, -0.2) is 23.8 Å². The van der Waals surface area contributed by atoms with Gasteiger partial charge in [-0.2, -0.15) is 0 Å². The summed E-state index contributed by atoms with van der Waals surface area (Å²) in [5.41, 5.74) is 0.955. The maximum absolute atomic E-state index is 5.23. The number of thioether (sulfide) groups is 1. The predicted molar refractivity (Wildman–Crippen MR) is 59.7 cm³/mol. The van der Waals surface area contributed by atoms with Crippen LogP contribution in [0.4, 0.5) is 0 Å². The first-order valence-electron chi connectivity index (χ1n) is 4.94. The Morgan fingerprint density at radius 1 is 1.64 bits per heavy atom. The summed E-state index contributed by atoms with van der Waals surface area (Å²) in [6.07, 6.45) is 4.08.